The molecule has 1 fully saturated rings. The van der Waals surface area contributed by atoms with Crippen LogP contribution in [0, 0.1) is 0 Å². The molecule has 1 aromatic carbocycles. The van der Waals surface area contributed by atoms with Crippen LogP contribution >= 0.6 is 0 Å². The topological polar surface area (TPSA) is 68.3 Å². The van der Waals surface area contributed by atoms with Gasteiger partial charge in [0.1, 0.15) is 5.82 Å². The highest BCUT2D eigenvalue weighted by Crippen LogP contribution is 2.40. The number of methoxy groups -OCH3 is 2. The largest absolute Gasteiger partial charge is 0.493 e. The van der Waals surface area contributed by atoms with E-state index in [9.17, 15) is 0 Å². The van der Waals surface area contributed by atoms with Gasteiger partial charge in [0.15, 0.2) is 11.5 Å². The van der Waals surface area contributed by atoms with Crippen molar-refractivity contribution in [1.29, 1.82) is 0 Å². The number of ether oxygens (including phenoxy) is 2. The molecule has 1 heterocycles. The van der Waals surface area contributed by atoms with Gasteiger partial charge in [-0.1, -0.05) is 6.92 Å². The van der Waals surface area contributed by atoms with Crippen molar-refractivity contribution in [2.75, 3.05) is 24.9 Å². The number of rotatable bonds is 8. The van der Waals surface area contributed by atoms with E-state index in [1.54, 1.807) is 14.2 Å². The van der Waals surface area contributed by atoms with Gasteiger partial charge in [-0.25, -0.2) is 4.98 Å². The number of nitrogens with zero attached hydrogens (tertiary/aromatic N) is 2. The summed E-state index contributed by atoms with van der Waals surface area (Å²) in [6.45, 7) is 4.28. The first-order valence-corrected chi connectivity index (χ1v) is 8.77. The van der Waals surface area contributed by atoms with Crippen LogP contribution in [0.25, 0.3) is 0 Å². The Balaban J connectivity index is 1.85. The zero-order valence-electron chi connectivity index (χ0n) is 15.3. The molecular formula is C19H26N4O2. The summed E-state index contributed by atoms with van der Waals surface area (Å²) in [6.07, 6.45) is 3.43. The molecule has 0 spiro atoms. The number of nitrogens with one attached hydrogen (secondary N) is 2. The summed E-state index contributed by atoms with van der Waals surface area (Å²) in [5, 5.41) is 6.73. The molecule has 0 unspecified atom stereocenters. The molecule has 6 heteroatoms. The molecule has 1 atom stereocenters. The molecule has 1 saturated carbocycles. The number of hydrogen-bond acceptors (Lipinski definition) is 6. The maximum atomic E-state index is 5.37. The van der Waals surface area contributed by atoms with E-state index in [1.165, 1.54) is 12.8 Å². The van der Waals surface area contributed by atoms with E-state index in [0.29, 0.717) is 29.4 Å². The summed E-state index contributed by atoms with van der Waals surface area (Å²) in [6, 6.07) is 8.10. The van der Waals surface area contributed by atoms with E-state index < -0.39 is 0 Å². The summed E-state index contributed by atoms with van der Waals surface area (Å²) in [4.78, 5) is 9.30. The van der Waals surface area contributed by atoms with Crippen molar-refractivity contribution in [2.45, 2.75) is 45.1 Å². The van der Waals surface area contributed by atoms with Gasteiger partial charge < -0.3 is 20.1 Å². The van der Waals surface area contributed by atoms with Gasteiger partial charge in [0.25, 0.3) is 0 Å². The molecule has 2 aromatic rings. The molecule has 1 aliphatic carbocycles. The Hall–Kier alpha value is -2.50. The molecule has 6 nitrogen and oxygen atoms in total. The van der Waals surface area contributed by atoms with E-state index >= 15 is 0 Å². The minimum Gasteiger partial charge on any atom is -0.493 e. The molecule has 0 bridgehead atoms. The van der Waals surface area contributed by atoms with Crippen LogP contribution in [-0.2, 0) is 0 Å². The van der Waals surface area contributed by atoms with Crippen LogP contribution in [0.5, 0.6) is 11.5 Å². The van der Waals surface area contributed by atoms with Crippen molar-refractivity contribution in [3.05, 3.63) is 30.0 Å². The Labute approximate surface area is 149 Å². The van der Waals surface area contributed by atoms with Crippen molar-refractivity contribution >= 4 is 17.5 Å². The Bertz CT molecular complexity index is 731. The van der Waals surface area contributed by atoms with E-state index in [1.807, 2.05) is 24.3 Å². The first-order chi connectivity index (χ1) is 12.1. The van der Waals surface area contributed by atoms with Crippen molar-refractivity contribution in [3.63, 3.8) is 0 Å². The minimum atomic E-state index is 0.336. The zero-order valence-corrected chi connectivity index (χ0v) is 15.3. The fourth-order valence-corrected chi connectivity index (χ4v) is 2.57. The maximum absolute atomic E-state index is 5.37. The van der Waals surface area contributed by atoms with Crippen LogP contribution in [0.2, 0.25) is 0 Å². The number of benzene rings is 1. The van der Waals surface area contributed by atoms with Crippen LogP contribution in [-0.4, -0.2) is 30.2 Å². The van der Waals surface area contributed by atoms with Crippen LogP contribution in [0.1, 0.15) is 44.7 Å². The Morgan fingerprint density at radius 1 is 1.12 bits per heavy atom. The number of aromatic nitrogens is 2. The second-order valence-electron chi connectivity index (χ2n) is 6.42. The zero-order chi connectivity index (χ0) is 17.8. The summed E-state index contributed by atoms with van der Waals surface area (Å²) in [7, 11) is 3.26. The lowest BCUT2D eigenvalue weighted by Gasteiger charge is -2.15. The molecule has 134 valence electrons. The summed E-state index contributed by atoms with van der Waals surface area (Å²) < 4.78 is 10.7. The molecule has 0 saturated heterocycles. The lowest BCUT2D eigenvalue weighted by atomic mass is 10.2. The predicted octanol–water partition coefficient (Wildman–Crippen LogP) is 4.33. The lowest BCUT2D eigenvalue weighted by Crippen LogP contribution is -2.16. The maximum Gasteiger partial charge on any atom is 0.225 e. The van der Waals surface area contributed by atoms with E-state index in [0.717, 1.165) is 23.6 Å². The van der Waals surface area contributed by atoms with Crippen molar-refractivity contribution in [2.24, 2.45) is 0 Å². The molecule has 0 radical (unpaired) electrons. The highest BCUT2D eigenvalue weighted by molar-refractivity contribution is 5.62. The third-order valence-electron chi connectivity index (χ3n) is 4.39. The normalized spacial score (nSPS) is 14.7. The van der Waals surface area contributed by atoms with Gasteiger partial charge >= 0.3 is 0 Å². The molecule has 1 aromatic heterocycles. The Kier molecular flexibility index (Phi) is 5.26. The standard InChI is InChI=1S/C19H26N4O2/c1-5-12(2)20-19-22-15(13-6-7-13)11-18(23-19)21-14-8-9-16(24-3)17(10-14)25-4/h8-13H,5-7H2,1-4H3,(H2,20,21,22,23)/t12-/m1/s1. The molecule has 0 aliphatic heterocycles. The Morgan fingerprint density at radius 3 is 2.52 bits per heavy atom. The highest BCUT2D eigenvalue weighted by atomic mass is 16.5. The Morgan fingerprint density at radius 2 is 1.88 bits per heavy atom. The molecule has 0 amide bonds. The van der Waals surface area contributed by atoms with Crippen LogP contribution in [0.3, 0.4) is 0 Å². The van der Waals surface area contributed by atoms with Gasteiger partial charge in [-0.3, -0.25) is 0 Å². The van der Waals surface area contributed by atoms with Crippen molar-refractivity contribution < 1.29 is 9.47 Å². The third kappa shape index (κ3) is 4.32. The van der Waals surface area contributed by atoms with Gasteiger partial charge in [0.05, 0.1) is 19.9 Å². The van der Waals surface area contributed by atoms with Gasteiger partial charge in [0.2, 0.25) is 5.95 Å². The minimum absolute atomic E-state index is 0.336. The summed E-state index contributed by atoms with van der Waals surface area (Å²) in [5.41, 5.74) is 2.00. The number of anilines is 3. The summed E-state index contributed by atoms with van der Waals surface area (Å²) >= 11 is 0. The monoisotopic (exact) mass is 342 g/mol. The second kappa shape index (κ2) is 7.59. The van der Waals surface area contributed by atoms with Gasteiger partial charge in [-0.15, -0.1) is 0 Å². The highest BCUT2D eigenvalue weighted by Gasteiger charge is 2.26. The van der Waals surface area contributed by atoms with Crippen LogP contribution in [0.15, 0.2) is 24.3 Å². The quantitative estimate of drug-likeness (QED) is 0.744. The predicted molar refractivity (Wildman–Crippen MR) is 100 cm³/mol. The smallest absolute Gasteiger partial charge is 0.225 e. The molecule has 25 heavy (non-hydrogen) atoms. The first kappa shape index (κ1) is 17.3. The van der Waals surface area contributed by atoms with E-state index in [2.05, 4.69) is 34.4 Å². The third-order valence-corrected chi connectivity index (χ3v) is 4.39. The average molecular weight is 342 g/mol. The molecule has 1 aliphatic rings. The van der Waals surface area contributed by atoms with E-state index in [4.69, 9.17) is 9.47 Å². The van der Waals surface area contributed by atoms with Gasteiger partial charge in [-0.05, 0) is 38.3 Å². The molecule has 2 N–H and O–H groups in total. The molecular weight excluding hydrogens is 316 g/mol. The lowest BCUT2D eigenvalue weighted by molar-refractivity contribution is 0.355. The summed E-state index contributed by atoms with van der Waals surface area (Å²) in [5.74, 6) is 3.42. The SMILES string of the molecule is CC[C@@H](C)Nc1nc(Nc2ccc(OC)c(OC)c2)cc(C2CC2)n1. The fraction of sp³-hybridized carbons (Fsp3) is 0.474. The van der Waals surface area contributed by atoms with Crippen molar-refractivity contribution in [3.8, 4) is 11.5 Å². The second-order valence-corrected chi connectivity index (χ2v) is 6.42. The molecule has 3 rings (SSSR count). The first-order valence-electron chi connectivity index (χ1n) is 8.77. The van der Waals surface area contributed by atoms with E-state index in [-0.39, 0.29) is 0 Å². The fourth-order valence-electron chi connectivity index (χ4n) is 2.57. The van der Waals surface area contributed by atoms with Gasteiger partial charge in [-0.2, -0.15) is 4.98 Å². The number of hydrogen-bond donors (Lipinski definition) is 2. The van der Waals surface area contributed by atoms with Crippen LogP contribution in [0.4, 0.5) is 17.5 Å². The van der Waals surface area contributed by atoms with Crippen LogP contribution < -0.4 is 20.1 Å². The van der Waals surface area contributed by atoms with Crippen molar-refractivity contribution in [1.82, 2.24) is 9.97 Å². The average Bonchev–Trinajstić information content (AvgIpc) is 3.46. The van der Waals surface area contributed by atoms with Gasteiger partial charge in [0, 0.05) is 29.8 Å².